The van der Waals surface area contributed by atoms with Crippen LogP contribution in [0.15, 0.2) is 79.3 Å². The molecule has 3 rings (SSSR count). The van der Waals surface area contributed by atoms with Crippen molar-refractivity contribution in [1.29, 1.82) is 0 Å². The average Bonchev–Trinajstić information content (AvgIpc) is 2.77. The molecule has 3 aromatic rings. The molecule has 0 fully saturated rings. The van der Waals surface area contributed by atoms with E-state index in [1.165, 1.54) is 0 Å². The number of hydrogen-bond acceptors (Lipinski definition) is 3. The maximum absolute atomic E-state index is 14.6. The van der Waals surface area contributed by atoms with Gasteiger partial charge in [-0.3, -0.25) is 4.98 Å². The minimum absolute atomic E-state index is 0.0511. The van der Waals surface area contributed by atoms with Gasteiger partial charge in [0.2, 0.25) is 0 Å². The van der Waals surface area contributed by atoms with Crippen molar-refractivity contribution in [2.45, 2.75) is 44.2 Å². The number of pyridine rings is 1. The highest BCUT2D eigenvalue weighted by atomic mass is 19.4. The molecular formula is C26H24F7N3. The first kappa shape index (κ1) is 27.0. The van der Waals surface area contributed by atoms with Gasteiger partial charge in [0.25, 0.3) is 0 Å². The van der Waals surface area contributed by atoms with Gasteiger partial charge in [-0.1, -0.05) is 36.9 Å². The number of halogens is 7. The largest absolute Gasteiger partial charge is 0.417 e. The van der Waals surface area contributed by atoms with Crippen molar-refractivity contribution in [1.82, 2.24) is 15.6 Å². The lowest BCUT2D eigenvalue weighted by Crippen LogP contribution is -2.49. The molecule has 0 saturated heterocycles. The summed E-state index contributed by atoms with van der Waals surface area (Å²) in [6, 6.07) is 12.3. The van der Waals surface area contributed by atoms with Crippen LogP contribution in [0.5, 0.6) is 0 Å². The Morgan fingerprint density at radius 1 is 0.861 bits per heavy atom. The lowest BCUT2D eigenvalue weighted by Gasteiger charge is -2.38. The zero-order chi connectivity index (χ0) is 26.7. The summed E-state index contributed by atoms with van der Waals surface area (Å²) in [6.07, 6.45) is -9.02. The molecule has 0 radical (unpaired) electrons. The van der Waals surface area contributed by atoms with Crippen LogP contribution in [0.2, 0.25) is 0 Å². The second-order valence-electron chi connectivity index (χ2n) is 8.63. The van der Waals surface area contributed by atoms with Gasteiger partial charge in [0, 0.05) is 18.7 Å². The summed E-state index contributed by atoms with van der Waals surface area (Å²) in [5.41, 5.74) is -3.61. The molecule has 1 atom stereocenters. The van der Waals surface area contributed by atoms with E-state index in [0.29, 0.717) is 17.8 Å². The second kappa shape index (κ2) is 10.2. The minimum atomic E-state index is -4.86. The first-order valence-electron chi connectivity index (χ1n) is 10.9. The van der Waals surface area contributed by atoms with E-state index in [0.717, 1.165) is 24.3 Å². The quantitative estimate of drug-likeness (QED) is 0.327. The van der Waals surface area contributed by atoms with Crippen LogP contribution in [0.3, 0.4) is 0 Å². The van der Waals surface area contributed by atoms with Crippen molar-refractivity contribution in [3.63, 3.8) is 0 Å². The van der Waals surface area contributed by atoms with E-state index in [1.54, 1.807) is 44.2 Å². The van der Waals surface area contributed by atoms with Crippen LogP contribution in [0, 0.1) is 5.82 Å². The van der Waals surface area contributed by atoms with Crippen LogP contribution in [0.4, 0.5) is 30.7 Å². The lowest BCUT2D eigenvalue weighted by molar-refractivity contribution is -0.138. The Morgan fingerprint density at radius 2 is 1.47 bits per heavy atom. The standard InChI is InChI=1S/C26H24F7N3/c1-16(2)35-17(3)36-24(14-18-7-5-4-6-8-18,23-10-9-19(15-34-23)25(28,29)30)20-11-21(26(31,32)33)13-22(27)12-20/h4-13,15-16,35-36H,3,14H2,1-2H3/t24-/m1/s1. The van der Waals surface area contributed by atoms with Gasteiger partial charge in [-0.25, -0.2) is 4.39 Å². The fourth-order valence-electron chi connectivity index (χ4n) is 3.88. The summed E-state index contributed by atoms with van der Waals surface area (Å²) in [4.78, 5) is 3.99. The predicted molar refractivity (Wildman–Crippen MR) is 122 cm³/mol. The van der Waals surface area contributed by atoms with Crippen molar-refractivity contribution < 1.29 is 30.7 Å². The molecule has 1 aromatic heterocycles. The maximum atomic E-state index is 14.6. The van der Waals surface area contributed by atoms with Gasteiger partial charge in [-0.05, 0) is 55.3 Å². The van der Waals surface area contributed by atoms with E-state index >= 15 is 0 Å². The zero-order valence-electron chi connectivity index (χ0n) is 19.4. The van der Waals surface area contributed by atoms with Crippen LogP contribution < -0.4 is 10.6 Å². The Balaban J connectivity index is 2.31. The number of aromatic nitrogens is 1. The first-order valence-corrected chi connectivity index (χ1v) is 10.9. The van der Waals surface area contributed by atoms with Gasteiger partial charge in [-0.15, -0.1) is 0 Å². The Bertz CT molecular complexity index is 1190. The molecule has 0 amide bonds. The summed E-state index contributed by atoms with van der Waals surface area (Å²) >= 11 is 0. The number of nitrogens with zero attached hydrogens (tertiary/aromatic N) is 1. The second-order valence-corrected chi connectivity index (χ2v) is 8.63. The molecule has 1 heterocycles. The summed E-state index contributed by atoms with van der Waals surface area (Å²) in [7, 11) is 0. The molecule has 0 unspecified atom stereocenters. The third-order valence-corrected chi connectivity index (χ3v) is 5.39. The molecule has 10 heteroatoms. The maximum Gasteiger partial charge on any atom is 0.417 e. The fraction of sp³-hybridized carbons (Fsp3) is 0.269. The molecular weight excluding hydrogens is 487 g/mol. The fourth-order valence-corrected chi connectivity index (χ4v) is 3.88. The summed E-state index contributed by atoms with van der Waals surface area (Å²) in [5.74, 6) is -0.992. The summed E-state index contributed by atoms with van der Waals surface area (Å²) in [6.45, 7) is 7.47. The van der Waals surface area contributed by atoms with Crippen LogP contribution >= 0.6 is 0 Å². The highest BCUT2D eigenvalue weighted by Gasteiger charge is 2.41. The van der Waals surface area contributed by atoms with E-state index in [4.69, 9.17) is 0 Å². The molecule has 0 aliphatic heterocycles. The molecule has 0 saturated carbocycles. The van der Waals surface area contributed by atoms with Gasteiger partial charge >= 0.3 is 12.4 Å². The highest BCUT2D eigenvalue weighted by Crippen LogP contribution is 2.39. The number of hydrogen-bond donors (Lipinski definition) is 2. The van der Waals surface area contributed by atoms with Gasteiger partial charge < -0.3 is 10.6 Å². The number of benzene rings is 2. The SMILES string of the molecule is C=C(NC(C)C)N[C@](Cc1ccccc1)(c1cc(F)cc(C(F)(F)F)c1)c1ccc(C(F)(F)F)cn1. The molecule has 2 aromatic carbocycles. The Labute approximate surface area is 204 Å². The van der Waals surface area contributed by atoms with Crippen molar-refractivity contribution in [3.8, 4) is 0 Å². The molecule has 2 N–H and O–H groups in total. The number of nitrogens with one attached hydrogen (secondary N) is 2. The van der Waals surface area contributed by atoms with Gasteiger partial charge in [0.05, 0.1) is 22.6 Å². The average molecular weight is 511 g/mol. The molecule has 0 bridgehead atoms. The zero-order valence-corrected chi connectivity index (χ0v) is 19.4. The molecule has 3 nitrogen and oxygen atoms in total. The minimum Gasteiger partial charge on any atom is -0.370 e. The van der Waals surface area contributed by atoms with Crippen LogP contribution in [-0.4, -0.2) is 11.0 Å². The first-order chi connectivity index (χ1) is 16.7. The molecule has 192 valence electrons. The van der Waals surface area contributed by atoms with E-state index < -0.39 is 34.8 Å². The normalized spacial score (nSPS) is 13.8. The molecule has 0 spiro atoms. The number of alkyl halides is 6. The van der Waals surface area contributed by atoms with Crippen LogP contribution in [0.1, 0.15) is 41.8 Å². The summed E-state index contributed by atoms with van der Waals surface area (Å²) in [5, 5.41) is 6.01. The lowest BCUT2D eigenvalue weighted by atomic mass is 9.79. The van der Waals surface area contributed by atoms with Crippen LogP contribution in [0.25, 0.3) is 0 Å². The van der Waals surface area contributed by atoms with Crippen molar-refractivity contribution in [2.24, 2.45) is 0 Å². The topological polar surface area (TPSA) is 37.0 Å². The van der Waals surface area contributed by atoms with Crippen LogP contribution in [-0.2, 0) is 24.3 Å². The third kappa shape index (κ3) is 6.35. The Hall–Kier alpha value is -3.56. The third-order valence-electron chi connectivity index (χ3n) is 5.39. The smallest absolute Gasteiger partial charge is 0.370 e. The van der Waals surface area contributed by atoms with Crippen molar-refractivity contribution in [2.75, 3.05) is 0 Å². The van der Waals surface area contributed by atoms with Gasteiger partial charge in [0.15, 0.2) is 0 Å². The number of rotatable bonds is 8. The monoisotopic (exact) mass is 511 g/mol. The van der Waals surface area contributed by atoms with Gasteiger partial charge in [-0.2, -0.15) is 26.3 Å². The van der Waals surface area contributed by atoms with E-state index in [2.05, 4.69) is 22.2 Å². The van der Waals surface area contributed by atoms with E-state index in [1.807, 2.05) is 0 Å². The summed E-state index contributed by atoms with van der Waals surface area (Å²) < 4.78 is 95.1. The van der Waals surface area contributed by atoms with Gasteiger partial charge in [0.1, 0.15) is 11.4 Å². The van der Waals surface area contributed by atoms with E-state index in [-0.39, 0.29) is 29.5 Å². The highest BCUT2D eigenvalue weighted by molar-refractivity contribution is 5.42. The Kier molecular flexibility index (Phi) is 7.66. The Morgan fingerprint density at radius 3 is 2.00 bits per heavy atom. The van der Waals surface area contributed by atoms with Crippen molar-refractivity contribution in [3.05, 3.63) is 113 Å². The predicted octanol–water partition coefficient (Wildman–Crippen LogP) is 6.80. The molecule has 36 heavy (non-hydrogen) atoms. The van der Waals surface area contributed by atoms with E-state index in [9.17, 15) is 30.7 Å². The molecule has 0 aliphatic carbocycles. The molecule has 0 aliphatic rings. The van der Waals surface area contributed by atoms with Crippen molar-refractivity contribution >= 4 is 0 Å².